The number of hydrogen-bond donors (Lipinski definition) is 0. The maximum Gasteiger partial charge on any atom is 0.296 e. The lowest BCUT2D eigenvalue weighted by atomic mass is 9.98. The van der Waals surface area contributed by atoms with Gasteiger partial charge in [0.25, 0.3) is 11.6 Å². The molecule has 0 N–H and O–H groups in total. The number of fused-ring (bicyclic) bond motifs is 2. The van der Waals surface area contributed by atoms with Crippen LogP contribution in [0.1, 0.15) is 27.7 Å². The lowest BCUT2D eigenvalue weighted by Gasteiger charge is -2.24. The Balaban J connectivity index is 1.78. The van der Waals surface area contributed by atoms with Crippen molar-refractivity contribution in [2.75, 3.05) is 4.90 Å². The molecule has 8 nitrogen and oxygen atoms in total. The summed E-state index contributed by atoms with van der Waals surface area (Å²) in [6, 6.07) is 14.6. The fraction of sp³-hybridized carbons (Fsp3) is 0.0455. The highest BCUT2D eigenvalue weighted by Crippen LogP contribution is 2.40. The average Bonchev–Trinajstić information content (AvgIpc) is 3.07. The van der Waals surface area contributed by atoms with Crippen molar-refractivity contribution in [3.63, 3.8) is 0 Å². The van der Waals surface area contributed by atoms with E-state index in [0.717, 1.165) is 0 Å². The lowest BCUT2D eigenvalue weighted by molar-refractivity contribution is -0.384. The van der Waals surface area contributed by atoms with Crippen LogP contribution in [0.25, 0.3) is 11.0 Å². The number of aromatic nitrogens is 1. The van der Waals surface area contributed by atoms with Crippen LogP contribution in [0.5, 0.6) is 0 Å². The van der Waals surface area contributed by atoms with Gasteiger partial charge in [-0.15, -0.1) is 0 Å². The number of carbonyl (C=O) groups is 1. The van der Waals surface area contributed by atoms with Crippen LogP contribution >= 0.6 is 11.6 Å². The fourth-order valence-electron chi connectivity index (χ4n) is 3.76. The van der Waals surface area contributed by atoms with Gasteiger partial charge < -0.3 is 4.42 Å². The van der Waals surface area contributed by atoms with Gasteiger partial charge in [-0.2, -0.15) is 0 Å². The predicted molar refractivity (Wildman–Crippen MR) is 113 cm³/mol. The van der Waals surface area contributed by atoms with E-state index in [4.69, 9.17) is 16.0 Å². The lowest BCUT2D eigenvalue weighted by Crippen LogP contribution is -2.30. The number of carbonyl (C=O) groups excluding carboxylic acids is 1. The molecule has 31 heavy (non-hydrogen) atoms. The zero-order chi connectivity index (χ0) is 21.7. The molecule has 0 fully saturated rings. The molecule has 152 valence electrons. The summed E-state index contributed by atoms with van der Waals surface area (Å²) in [5.41, 5.74) is 0.527. The van der Waals surface area contributed by atoms with E-state index in [9.17, 15) is 19.7 Å². The molecule has 0 saturated heterocycles. The van der Waals surface area contributed by atoms with Crippen molar-refractivity contribution >= 4 is 40.0 Å². The van der Waals surface area contributed by atoms with Crippen molar-refractivity contribution in [3.8, 4) is 0 Å². The molecule has 0 aliphatic carbocycles. The second kappa shape index (κ2) is 7.03. The number of nitrogens with zero attached hydrogens (tertiary/aromatic N) is 3. The maximum absolute atomic E-state index is 13.4. The molecule has 0 bridgehead atoms. The number of anilines is 1. The summed E-state index contributed by atoms with van der Waals surface area (Å²) in [7, 11) is 0. The Kier molecular flexibility index (Phi) is 4.30. The number of amides is 1. The minimum atomic E-state index is -0.863. The summed E-state index contributed by atoms with van der Waals surface area (Å²) in [5.74, 6) is -0.340. The van der Waals surface area contributed by atoms with Gasteiger partial charge in [0, 0.05) is 18.3 Å². The van der Waals surface area contributed by atoms with Crippen LogP contribution in [-0.2, 0) is 0 Å². The van der Waals surface area contributed by atoms with Gasteiger partial charge in [0.2, 0.25) is 5.76 Å². The molecule has 1 amide bonds. The molecule has 0 saturated carbocycles. The highest BCUT2D eigenvalue weighted by molar-refractivity contribution is 6.30. The van der Waals surface area contributed by atoms with Gasteiger partial charge in [-0.3, -0.25) is 24.6 Å². The second-order valence-electron chi connectivity index (χ2n) is 6.93. The van der Waals surface area contributed by atoms with Crippen molar-refractivity contribution < 1.29 is 14.1 Å². The maximum atomic E-state index is 13.4. The first-order chi connectivity index (χ1) is 15.0. The quantitative estimate of drug-likeness (QED) is 0.348. The van der Waals surface area contributed by atoms with Crippen LogP contribution in [0.15, 0.2) is 76.1 Å². The first kappa shape index (κ1) is 19.0. The van der Waals surface area contributed by atoms with Gasteiger partial charge in [-0.05, 0) is 42.0 Å². The van der Waals surface area contributed by atoms with E-state index in [0.29, 0.717) is 21.6 Å². The molecule has 1 aliphatic heterocycles. The van der Waals surface area contributed by atoms with Crippen LogP contribution in [-0.4, -0.2) is 15.8 Å². The number of hydrogen-bond acceptors (Lipinski definition) is 6. The molecule has 0 unspecified atom stereocenters. The van der Waals surface area contributed by atoms with E-state index in [1.54, 1.807) is 36.4 Å². The number of para-hydroxylation sites is 1. The van der Waals surface area contributed by atoms with Crippen LogP contribution < -0.4 is 10.3 Å². The third-order valence-electron chi connectivity index (χ3n) is 5.16. The van der Waals surface area contributed by atoms with E-state index in [2.05, 4.69) is 4.98 Å². The number of rotatable bonds is 3. The molecule has 1 aliphatic rings. The molecule has 5 rings (SSSR count). The Morgan fingerprint density at radius 1 is 1.03 bits per heavy atom. The smallest absolute Gasteiger partial charge is 0.296 e. The minimum absolute atomic E-state index is 0.0798. The van der Waals surface area contributed by atoms with Gasteiger partial charge in [0.15, 0.2) is 5.43 Å². The van der Waals surface area contributed by atoms with Crippen LogP contribution in [0.4, 0.5) is 11.5 Å². The number of nitro benzene ring substituents is 1. The average molecular weight is 434 g/mol. The van der Waals surface area contributed by atoms with Crippen LogP contribution in [0.2, 0.25) is 5.02 Å². The van der Waals surface area contributed by atoms with E-state index >= 15 is 0 Å². The van der Waals surface area contributed by atoms with Gasteiger partial charge in [0.1, 0.15) is 11.4 Å². The third-order valence-corrected chi connectivity index (χ3v) is 5.38. The Morgan fingerprint density at radius 3 is 2.45 bits per heavy atom. The zero-order valence-corrected chi connectivity index (χ0v) is 16.4. The Hall–Kier alpha value is -4.04. The highest BCUT2D eigenvalue weighted by Gasteiger charge is 2.44. The number of non-ortho nitro benzene ring substituents is 1. The molecular weight excluding hydrogens is 422 g/mol. The van der Waals surface area contributed by atoms with Crippen molar-refractivity contribution in [3.05, 3.63) is 109 Å². The first-order valence-corrected chi connectivity index (χ1v) is 9.58. The van der Waals surface area contributed by atoms with Gasteiger partial charge >= 0.3 is 0 Å². The molecule has 0 spiro atoms. The topological polar surface area (TPSA) is 107 Å². The fourth-order valence-corrected chi connectivity index (χ4v) is 3.87. The first-order valence-electron chi connectivity index (χ1n) is 9.21. The van der Waals surface area contributed by atoms with Gasteiger partial charge in [0.05, 0.1) is 26.9 Å². The summed E-state index contributed by atoms with van der Waals surface area (Å²) in [6.07, 6.45) is 1.39. The summed E-state index contributed by atoms with van der Waals surface area (Å²) in [5, 5.41) is 11.8. The van der Waals surface area contributed by atoms with E-state index < -0.39 is 16.9 Å². The number of benzene rings is 2. The van der Waals surface area contributed by atoms with E-state index in [-0.39, 0.29) is 28.3 Å². The molecule has 1 atom stereocenters. The van der Waals surface area contributed by atoms with E-state index in [1.807, 2.05) is 0 Å². The molecule has 4 aromatic rings. The van der Waals surface area contributed by atoms with Crippen molar-refractivity contribution in [1.29, 1.82) is 0 Å². The zero-order valence-electron chi connectivity index (χ0n) is 15.7. The SMILES string of the molecule is O=C1c2oc3ccccc3c(=O)c2[C@@H](c2ccc([N+](=O)[O-])cc2)N1c1ccc(Cl)cn1. The summed E-state index contributed by atoms with van der Waals surface area (Å²) in [6.45, 7) is 0. The second-order valence-corrected chi connectivity index (χ2v) is 7.37. The molecule has 0 radical (unpaired) electrons. The molecule has 2 aromatic heterocycles. The Bertz CT molecular complexity index is 1410. The molecule has 2 aromatic carbocycles. The Labute approximate surface area is 179 Å². The van der Waals surface area contributed by atoms with Gasteiger partial charge in [-0.1, -0.05) is 23.7 Å². The Morgan fingerprint density at radius 2 is 1.77 bits per heavy atom. The number of nitro groups is 1. The van der Waals surface area contributed by atoms with Crippen LogP contribution in [0, 0.1) is 10.1 Å². The van der Waals surface area contributed by atoms with Crippen LogP contribution in [0.3, 0.4) is 0 Å². The number of halogens is 1. The minimum Gasteiger partial charge on any atom is -0.450 e. The normalized spacial score (nSPS) is 15.3. The predicted octanol–water partition coefficient (Wildman–Crippen LogP) is 4.50. The molecule has 9 heteroatoms. The van der Waals surface area contributed by atoms with Crippen molar-refractivity contribution in [2.45, 2.75) is 6.04 Å². The summed E-state index contributed by atoms with van der Waals surface area (Å²) in [4.78, 5) is 42.8. The summed E-state index contributed by atoms with van der Waals surface area (Å²) < 4.78 is 5.83. The molecular formula is C22H12ClN3O5. The standard InChI is InChI=1S/C22H12ClN3O5/c23-13-7-10-17(24-11-13)25-19(12-5-8-14(9-6-12)26(29)30)18-20(27)15-3-1-2-4-16(15)31-21(18)22(25)28/h1-11,19H/t19-/m1/s1. The van der Waals surface area contributed by atoms with E-state index in [1.165, 1.54) is 35.4 Å². The largest absolute Gasteiger partial charge is 0.450 e. The van der Waals surface area contributed by atoms with Crippen molar-refractivity contribution in [1.82, 2.24) is 4.98 Å². The third kappa shape index (κ3) is 2.96. The highest BCUT2D eigenvalue weighted by atomic mass is 35.5. The molecule has 3 heterocycles. The monoisotopic (exact) mass is 433 g/mol. The van der Waals surface area contributed by atoms with Gasteiger partial charge in [-0.25, -0.2) is 4.98 Å². The van der Waals surface area contributed by atoms with Crippen molar-refractivity contribution in [2.24, 2.45) is 0 Å². The summed E-state index contributed by atoms with van der Waals surface area (Å²) >= 11 is 5.94. The number of pyridine rings is 1.